The van der Waals surface area contributed by atoms with E-state index < -0.39 is 0 Å². The number of aryl methyl sites for hydroxylation is 1. The van der Waals surface area contributed by atoms with E-state index >= 15 is 0 Å². The van der Waals surface area contributed by atoms with E-state index in [0.29, 0.717) is 11.7 Å². The first-order valence-corrected chi connectivity index (χ1v) is 7.85. The van der Waals surface area contributed by atoms with E-state index in [0.717, 1.165) is 16.3 Å². The van der Waals surface area contributed by atoms with Crippen LogP contribution < -0.4 is 15.5 Å². The first-order valence-electron chi connectivity index (χ1n) is 6.56. The maximum atomic E-state index is 5.38. The molecule has 21 heavy (non-hydrogen) atoms. The van der Waals surface area contributed by atoms with Crippen LogP contribution in [0.5, 0.6) is 5.75 Å². The molecule has 0 aliphatic carbocycles. The van der Waals surface area contributed by atoms with E-state index in [1.807, 2.05) is 43.5 Å². The summed E-state index contributed by atoms with van der Waals surface area (Å²) in [5.74, 6) is 0.841. The molecule has 0 amide bonds. The van der Waals surface area contributed by atoms with Crippen molar-refractivity contribution in [3.63, 3.8) is 0 Å². The summed E-state index contributed by atoms with van der Waals surface area (Å²) in [6.07, 6.45) is 1.77. The van der Waals surface area contributed by atoms with Gasteiger partial charge in [0.05, 0.1) is 12.8 Å². The highest BCUT2D eigenvalue weighted by Gasteiger charge is 1.98. The molecule has 1 aromatic heterocycles. The van der Waals surface area contributed by atoms with Gasteiger partial charge in [0.1, 0.15) is 5.75 Å². The van der Waals surface area contributed by atoms with Gasteiger partial charge in [0.15, 0.2) is 5.11 Å². The maximum absolute atomic E-state index is 5.38. The average molecular weight is 319 g/mol. The van der Waals surface area contributed by atoms with Gasteiger partial charge in [-0.15, -0.1) is 11.3 Å². The Balaban J connectivity index is 1.84. The molecule has 0 saturated carbocycles. The fraction of sp³-hybridized carbons (Fsp3) is 0.200. The molecule has 0 bridgehead atoms. The number of ether oxygens (including phenoxy) is 1. The minimum absolute atomic E-state index is 0.449. The Hall–Kier alpha value is -1.92. The first-order chi connectivity index (χ1) is 10.2. The van der Waals surface area contributed by atoms with E-state index in [4.69, 9.17) is 17.0 Å². The van der Waals surface area contributed by atoms with Crippen molar-refractivity contribution in [1.29, 1.82) is 0 Å². The van der Waals surface area contributed by atoms with E-state index in [1.54, 1.807) is 17.6 Å². The van der Waals surface area contributed by atoms with Crippen molar-refractivity contribution >= 4 is 40.6 Å². The normalized spacial score (nSPS) is 10.6. The van der Waals surface area contributed by atoms with Crippen LogP contribution in [0.3, 0.4) is 0 Å². The zero-order chi connectivity index (χ0) is 15.1. The van der Waals surface area contributed by atoms with Crippen LogP contribution in [0.25, 0.3) is 0 Å². The number of nitrogens with zero attached hydrogens (tertiary/aromatic N) is 1. The highest BCUT2D eigenvalue weighted by molar-refractivity contribution is 7.80. The summed E-state index contributed by atoms with van der Waals surface area (Å²) in [6.45, 7) is 4.66. The number of hydrogen-bond donors (Lipinski definition) is 2. The summed E-state index contributed by atoms with van der Waals surface area (Å²) in [5.41, 5.74) is 4.89. The summed E-state index contributed by atoms with van der Waals surface area (Å²) in [4.78, 5) is 1.12. The van der Waals surface area contributed by atoms with E-state index in [-0.39, 0.29) is 0 Å². The summed E-state index contributed by atoms with van der Waals surface area (Å²) < 4.78 is 5.38. The molecule has 0 unspecified atom stereocenters. The minimum atomic E-state index is 0.449. The quantitative estimate of drug-likeness (QED) is 0.500. The zero-order valence-corrected chi connectivity index (χ0v) is 13.6. The molecule has 0 atom stereocenters. The summed E-state index contributed by atoms with van der Waals surface area (Å²) in [5, 5.41) is 9.67. The number of hydrazone groups is 1. The molecular formula is C15H17N3OS2. The SMILES string of the molecule is CCOc1ccc(NC(=S)N/N=C\c2sccc2C)cc1. The molecule has 2 aromatic rings. The summed E-state index contributed by atoms with van der Waals surface area (Å²) in [7, 11) is 0. The number of nitrogens with one attached hydrogen (secondary N) is 2. The van der Waals surface area contributed by atoms with Crippen LogP contribution in [0.2, 0.25) is 0 Å². The Labute approximate surface area is 133 Å². The zero-order valence-electron chi connectivity index (χ0n) is 11.9. The third-order valence-corrected chi connectivity index (χ3v) is 3.82. The molecule has 0 radical (unpaired) electrons. The smallest absolute Gasteiger partial charge is 0.191 e. The minimum Gasteiger partial charge on any atom is -0.494 e. The van der Waals surface area contributed by atoms with Crippen molar-refractivity contribution in [3.8, 4) is 5.75 Å². The topological polar surface area (TPSA) is 45.6 Å². The Morgan fingerprint density at radius 3 is 2.71 bits per heavy atom. The van der Waals surface area contributed by atoms with Gasteiger partial charge in [-0.2, -0.15) is 5.10 Å². The molecule has 0 aliphatic heterocycles. The predicted octanol–water partition coefficient (Wildman–Crippen LogP) is 3.78. The monoisotopic (exact) mass is 319 g/mol. The van der Waals surface area contributed by atoms with Crippen molar-refractivity contribution in [2.45, 2.75) is 13.8 Å². The Kier molecular flexibility index (Phi) is 5.71. The molecule has 2 N–H and O–H groups in total. The molecule has 0 fully saturated rings. The van der Waals surface area contributed by atoms with Crippen LogP contribution >= 0.6 is 23.6 Å². The van der Waals surface area contributed by atoms with Gasteiger partial charge in [-0.1, -0.05) is 0 Å². The standard InChI is InChI=1S/C15H17N3OS2/c1-3-19-13-6-4-12(5-7-13)17-15(20)18-16-10-14-11(2)8-9-21-14/h4-10H,3H2,1-2H3,(H2,17,18,20)/b16-10-. The van der Waals surface area contributed by atoms with Crippen molar-refractivity contribution in [2.75, 3.05) is 11.9 Å². The van der Waals surface area contributed by atoms with E-state index in [9.17, 15) is 0 Å². The molecule has 2 rings (SSSR count). The van der Waals surface area contributed by atoms with Gasteiger partial charge in [0, 0.05) is 10.6 Å². The lowest BCUT2D eigenvalue weighted by Gasteiger charge is -2.08. The third-order valence-electron chi connectivity index (χ3n) is 2.67. The van der Waals surface area contributed by atoms with Gasteiger partial charge in [0.25, 0.3) is 0 Å². The summed E-state index contributed by atoms with van der Waals surface area (Å²) in [6, 6.07) is 9.67. The number of thiophene rings is 1. The van der Waals surface area contributed by atoms with Crippen molar-refractivity contribution in [1.82, 2.24) is 5.43 Å². The second kappa shape index (κ2) is 7.75. The van der Waals surface area contributed by atoms with Gasteiger partial charge in [-0.25, -0.2) is 0 Å². The van der Waals surface area contributed by atoms with Crippen molar-refractivity contribution < 1.29 is 4.74 Å². The molecule has 6 heteroatoms. The van der Waals surface area contributed by atoms with E-state index in [1.165, 1.54) is 5.56 Å². The van der Waals surface area contributed by atoms with Crippen LogP contribution in [0.1, 0.15) is 17.4 Å². The van der Waals surface area contributed by atoms with Gasteiger partial charge >= 0.3 is 0 Å². The van der Waals surface area contributed by atoms with Crippen LogP contribution in [0.15, 0.2) is 40.8 Å². The van der Waals surface area contributed by atoms with Crippen molar-refractivity contribution in [2.24, 2.45) is 5.10 Å². The predicted molar refractivity (Wildman–Crippen MR) is 93.6 cm³/mol. The number of anilines is 1. The Bertz CT molecular complexity index is 620. The van der Waals surface area contributed by atoms with Gasteiger partial charge in [-0.05, 0) is 67.3 Å². The molecule has 0 spiro atoms. The molecule has 4 nitrogen and oxygen atoms in total. The van der Waals surface area contributed by atoms with Crippen LogP contribution in [-0.4, -0.2) is 17.9 Å². The van der Waals surface area contributed by atoms with Gasteiger partial charge in [-0.3, -0.25) is 5.43 Å². The largest absolute Gasteiger partial charge is 0.494 e. The number of rotatable bonds is 5. The van der Waals surface area contributed by atoms with Crippen LogP contribution in [-0.2, 0) is 0 Å². The highest BCUT2D eigenvalue weighted by Crippen LogP contribution is 2.15. The first kappa shape index (κ1) is 15.5. The molecular weight excluding hydrogens is 302 g/mol. The lowest BCUT2D eigenvalue weighted by molar-refractivity contribution is 0.340. The average Bonchev–Trinajstić information content (AvgIpc) is 2.87. The molecule has 110 valence electrons. The van der Waals surface area contributed by atoms with Crippen LogP contribution in [0.4, 0.5) is 5.69 Å². The van der Waals surface area contributed by atoms with Crippen LogP contribution in [0, 0.1) is 6.92 Å². The lowest BCUT2D eigenvalue weighted by Crippen LogP contribution is -2.23. The highest BCUT2D eigenvalue weighted by atomic mass is 32.1. The van der Waals surface area contributed by atoms with Gasteiger partial charge < -0.3 is 10.1 Å². The van der Waals surface area contributed by atoms with E-state index in [2.05, 4.69) is 21.9 Å². The lowest BCUT2D eigenvalue weighted by atomic mass is 10.3. The number of benzene rings is 1. The van der Waals surface area contributed by atoms with Gasteiger partial charge in [0.2, 0.25) is 0 Å². The number of thiocarbonyl (C=S) groups is 1. The maximum Gasteiger partial charge on any atom is 0.191 e. The molecule has 0 aliphatic rings. The molecule has 0 saturated heterocycles. The summed E-state index contributed by atoms with van der Waals surface area (Å²) >= 11 is 6.83. The Morgan fingerprint density at radius 1 is 1.33 bits per heavy atom. The fourth-order valence-electron chi connectivity index (χ4n) is 1.63. The Morgan fingerprint density at radius 2 is 2.10 bits per heavy atom. The third kappa shape index (κ3) is 4.84. The second-order valence-corrected chi connectivity index (χ2v) is 5.61. The van der Waals surface area contributed by atoms with Crippen molar-refractivity contribution in [3.05, 3.63) is 46.2 Å². The molecule has 1 heterocycles. The number of hydrogen-bond acceptors (Lipinski definition) is 4. The second-order valence-electron chi connectivity index (χ2n) is 4.25. The fourth-order valence-corrected chi connectivity index (χ4v) is 2.58. The molecule has 1 aromatic carbocycles.